The van der Waals surface area contributed by atoms with Crippen molar-refractivity contribution < 1.29 is 4.74 Å². The molecule has 0 aliphatic carbocycles. The van der Waals surface area contributed by atoms with Crippen molar-refractivity contribution in [1.29, 1.82) is 0 Å². The molecule has 1 heterocycles. The molecule has 4 nitrogen and oxygen atoms in total. The zero-order valence-corrected chi connectivity index (χ0v) is 18.8. The minimum atomic E-state index is -0.0273. The van der Waals surface area contributed by atoms with Gasteiger partial charge in [-0.05, 0) is 60.7 Å². The normalized spacial score (nSPS) is 11.2. The lowest BCUT2D eigenvalue weighted by Crippen LogP contribution is -2.24. The molecule has 0 saturated carbocycles. The third-order valence-corrected chi connectivity index (χ3v) is 6.00. The lowest BCUT2D eigenvalue weighted by Gasteiger charge is -2.14. The molecule has 0 atom stereocenters. The molecule has 0 radical (unpaired) electrons. The molecule has 164 valence electrons. The third-order valence-electron chi connectivity index (χ3n) is 5.75. The molecule has 1 aromatic heterocycles. The quantitative estimate of drug-likeness (QED) is 0.256. The molecule has 33 heavy (non-hydrogen) atoms. The fourth-order valence-electron chi connectivity index (χ4n) is 4.07. The Balaban J connectivity index is 1.35. The van der Waals surface area contributed by atoms with Crippen LogP contribution >= 0.6 is 11.6 Å². The van der Waals surface area contributed by atoms with Gasteiger partial charge in [0, 0.05) is 22.5 Å². The van der Waals surface area contributed by atoms with E-state index in [1.54, 1.807) is 4.57 Å². The number of nitrogens with zero attached hydrogens (tertiary/aromatic N) is 2. The van der Waals surface area contributed by atoms with Crippen LogP contribution in [-0.4, -0.2) is 16.2 Å². The van der Waals surface area contributed by atoms with Gasteiger partial charge in [-0.2, -0.15) is 0 Å². The Morgan fingerprint density at radius 1 is 0.788 bits per heavy atom. The summed E-state index contributed by atoms with van der Waals surface area (Å²) in [5.74, 6) is 1.55. The first-order valence-electron chi connectivity index (χ1n) is 11.1. The molecule has 0 spiro atoms. The largest absolute Gasteiger partial charge is 0.493 e. The number of ether oxygens (including phenoxy) is 1. The van der Waals surface area contributed by atoms with Gasteiger partial charge in [0.15, 0.2) is 0 Å². The SMILES string of the molecule is O=c1c2ccccc2nc(-c2ccc(Cl)cc2)n1CCCCOc1cccc2ccccc12. The topological polar surface area (TPSA) is 44.1 Å². The molecule has 0 N–H and O–H groups in total. The van der Waals surface area contributed by atoms with E-state index in [-0.39, 0.29) is 5.56 Å². The molecule has 0 aliphatic heterocycles. The van der Waals surface area contributed by atoms with Crippen molar-refractivity contribution >= 4 is 33.3 Å². The number of para-hydroxylation sites is 1. The number of hydrogen-bond donors (Lipinski definition) is 0. The van der Waals surface area contributed by atoms with E-state index in [1.807, 2.05) is 72.8 Å². The van der Waals surface area contributed by atoms with Crippen LogP contribution in [0.3, 0.4) is 0 Å². The number of rotatable bonds is 7. The van der Waals surface area contributed by atoms with Crippen LogP contribution in [0.2, 0.25) is 5.02 Å². The van der Waals surface area contributed by atoms with Crippen LogP contribution in [0.25, 0.3) is 33.1 Å². The fraction of sp³-hybridized carbons (Fsp3) is 0.143. The molecular formula is C28H23ClN2O2. The van der Waals surface area contributed by atoms with Crippen LogP contribution in [0, 0.1) is 0 Å². The van der Waals surface area contributed by atoms with Gasteiger partial charge in [0.25, 0.3) is 5.56 Å². The zero-order chi connectivity index (χ0) is 22.6. The van der Waals surface area contributed by atoms with E-state index in [0.29, 0.717) is 34.9 Å². The fourth-order valence-corrected chi connectivity index (χ4v) is 4.20. The summed E-state index contributed by atoms with van der Waals surface area (Å²) in [6.45, 7) is 1.15. The maximum absolute atomic E-state index is 13.3. The minimum absolute atomic E-state index is 0.0273. The van der Waals surface area contributed by atoms with E-state index in [9.17, 15) is 4.79 Å². The first-order valence-corrected chi connectivity index (χ1v) is 11.4. The maximum atomic E-state index is 13.3. The van der Waals surface area contributed by atoms with Gasteiger partial charge < -0.3 is 4.74 Å². The number of benzene rings is 4. The zero-order valence-electron chi connectivity index (χ0n) is 18.1. The summed E-state index contributed by atoms with van der Waals surface area (Å²) in [7, 11) is 0. The highest BCUT2D eigenvalue weighted by atomic mass is 35.5. The summed E-state index contributed by atoms with van der Waals surface area (Å²) >= 11 is 6.07. The summed E-state index contributed by atoms with van der Waals surface area (Å²) in [5.41, 5.74) is 1.54. The molecule has 0 amide bonds. The summed E-state index contributed by atoms with van der Waals surface area (Å²) in [4.78, 5) is 18.1. The molecule has 4 aromatic carbocycles. The smallest absolute Gasteiger partial charge is 0.261 e. The Morgan fingerprint density at radius 3 is 2.36 bits per heavy atom. The molecule has 5 heteroatoms. The highest BCUT2D eigenvalue weighted by molar-refractivity contribution is 6.30. The van der Waals surface area contributed by atoms with Crippen molar-refractivity contribution in [2.75, 3.05) is 6.61 Å². The van der Waals surface area contributed by atoms with Gasteiger partial charge in [0.05, 0.1) is 17.5 Å². The minimum Gasteiger partial charge on any atom is -0.493 e. The maximum Gasteiger partial charge on any atom is 0.261 e. The summed E-state index contributed by atoms with van der Waals surface area (Å²) < 4.78 is 7.84. The second kappa shape index (κ2) is 9.47. The van der Waals surface area contributed by atoms with Crippen molar-refractivity contribution in [1.82, 2.24) is 9.55 Å². The van der Waals surface area contributed by atoms with E-state index in [0.717, 1.165) is 34.9 Å². The van der Waals surface area contributed by atoms with Crippen LogP contribution in [0.1, 0.15) is 12.8 Å². The predicted molar refractivity (Wildman–Crippen MR) is 135 cm³/mol. The highest BCUT2D eigenvalue weighted by Crippen LogP contribution is 2.25. The highest BCUT2D eigenvalue weighted by Gasteiger charge is 2.12. The lowest BCUT2D eigenvalue weighted by molar-refractivity contribution is 0.306. The lowest BCUT2D eigenvalue weighted by atomic mass is 10.1. The molecule has 0 fully saturated rings. The Kier molecular flexibility index (Phi) is 6.09. The van der Waals surface area contributed by atoms with Gasteiger partial charge in [-0.15, -0.1) is 0 Å². The van der Waals surface area contributed by atoms with E-state index >= 15 is 0 Å². The molecule has 0 bridgehead atoms. The molecule has 0 unspecified atom stereocenters. The van der Waals surface area contributed by atoms with E-state index in [1.165, 1.54) is 0 Å². The molecular weight excluding hydrogens is 432 g/mol. The molecule has 5 rings (SSSR count). The van der Waals surface area contributed by atoms with E-state index < -0.39 is 0 Å². The first-order chi connectivity index (χ1) is 16.2. The number of fused-ring (bicyclic) bond motifs is 2. The van der Waals surface area contributed by atoms with Gasteiger partial charge in [-0.1, -0.05) is 60.1 Å². The van der Waals surface area contributed by atoms with Gasteiger partial charge in [0.1, 0.15) is 11.6 Å². The standard InChI is InChI=1S/C28H23ClN2O2/c29-22-16-14-21(15-17-22)27-30-25-12-4-3-11-24(25)28(32)31(27)18-5-6-19-33-26-13-7-9-20-8-1-2-10-23(20)26/h1-4,7-17H,5-6,18-19H2. The van der Waals surface area contributed by atoms with Gasteiger partial charge in [0.2, 0.25) is 0 Å². The molecule has 0 saturated heterocycles. The number of halogens is 1. The Morgan fingerprint density at radius 2 is 1.52 bits per heavy atom. The van der Waals surface area contributed by atoms with Crippen molar-refractivity contribution in [3.63, 3.8) is 0 Å². The van der Waals surface area contributed by atoms with Gasteiger partial charge >= 0.3 is 0 Å². The van der Waals surface area contributed by atoms with Crippen LogP contribution < -0.4 is 10.3 Å². The van der Waals surface area contributed by atoms with Crippen LogP contribution in [0.15, 0.2) is 95.8 Å². The van der Waals surface area contributed by atoms with Crippen molar-refractivity contribution in [2.45, 2.75) is 19.4 Å². The third kappa shape index (κ3) is 4.48. The van der Waals surface area contributed by atoms with Crippen LogP contribution in [0.4, 0.5) is 0 Å². The van der Waals surface area contributed by atoms with E-state index in [4.69, 9.17) is 21.3 Å². The number of hydrogen-bond acceptors (Lipinski definition) is 3. The predicted octanol–water partition coefficient (Wildman–Crippen LogP) is 6.73. The average molecular weight is 455 g/mol. The average Bonchev–Trinajstić information content (AvgIpc) is 2.85. The Bertz CT molecular complexity index is 1470. The second-order valence-corrected chi connectivity index (χ2v) is 8.39. The van der Waals surface area contributed by atoms with Crippen molar-refractivity contribution in [2.24, 2.45) is 0 Å². The Labute approximate surface area is 197 Å². The number of unbranched alkanes of at least 4 members (excludes halogenated alkanes) is 1. The molecule has 0 aliphatic rings. The monoisotopic (exact) mass is 454 g/mol. The van der Waals surface area contributed by atoms with Gasteiger partial charge in [-0.3, -0.25) is 9.36 Å². The van der Waals surface area contributed by atoms with E-state index in [2.05, 4.69) is 18.2 Å². The van der Waals surface area contributed by atoms with Gasteiger partial charge in [-0.25, -0.2) is 4.98 Å². The van der Waals surface area contributed by atoms with Crippen molar-refractivity contribution in [3.8, 4) is 17.1 Å². The van der Waals surface area contributed by atoms with Crippen molar-refractivity contribution in [3.05, 3.63) is 106 Å². The first kappa shape index (κ1) is 21.2. The van der Waals surface area contributed by atoms with Crippen LogP contribution in [-0.2, 0) is 6.54 Å². The summed E-state index contributed by atoms with van der Waals surface area (Å²) in [6.07, 6.45) is 1.62. The molecule has 5 aromatic rings. The Hall–Kier alpha value is -3.63. The number of aromatic nitrogens is 2. The summed E-state index contributed by atoms with van der Waals surface area (Å²) in [6, 6.07) is 29.2. The second-order valence-electron chi connectivity index (χ2n) is 7.95. The van der Waals surface area contributed by atoms with Crippen LogP contribution in [0.5, 0.6) is 5.75 Å². The summed E-state index contributed by atoms with van der Waals surface area (Å²) in [5, 5.41) is 3.55.